The molecule has 4 nitrogen and oxygen atoms in total. The quantitative estimate of drug-likeness (QED) is 0.595. The van der Waals surface area contributed by atoms with E-state index in [1.165, 1.54) is 0 Å². The van der Waals surface area contributed by atoms with Crippen LogP contribution in [0.1, 0.15) is 20.3 Å². The van der Waals surface area contributed by atoms with Crippen molar-refractivity contribution < 1.29 is 14.3 Å². The van der Waals surface area contributed by atoms with Crippen molar-refractivity contribution in [1.82, 2.24) is 5.32 Å². The van der Waals surface area contributed by atoms with Crippen LogP contribution in [-0.4, -0.2) is 38.9 Å². The Hall–Kier alpha value is -0.610. The zero-order valence-corrected chi connectivity index (χ0v) is 8.63. The van der Waals surface area contributed by atoms with E-state index in [-0.39, 0.29) is 12.0 Å². The molecule has 0 radical (unpaired) electrons. The van der Waals surface area contributed by atoms with Gasteiger partial charge in [0, 0.05) is 7.11 Å². The average Bonchev–Trinajstić information content (AvgIpc) is 2.12. The van der Waals surface area contributed by atoms with Crippen LogP contribution in [0.15, 0.2) is 0 Å². The summed E-state index contributed by atoms with van der Waals surface area (Å²) in [6, 6.07) is -0.329. The fourth-order valence-electron chi connectivity index (χ4n) is 0.938. The summed E-state index contributed by atoms with van der Waals surface area (Å²) >= 11 is 0. The summed E-state index contributed by atoms with van der Waals surface area (Å²) in [5.74, 6) is -0.238. The van der Waals surface area contributed by atoms with E-state index in [9.17, 15) is 4.79 Å². The highest BCUT2D eigenvalue weighted by Crippen LogP contribution is 1.91. The molecule has 0 spiro atoms. The number of rotatable bonds is 7. The molecular formula is C9H19NO3. The number of esters is 1. The van der Waals surface area contributed by atoms with Crippen molar-refractivity contribution in [2.45, 2.75) is 26.3 Å². The summed E-state index contributed by atoms with van der Waals surface area (Å²) < 4.78 is 9.78. The second kappa shape index (κ2) is 8.01. The van der Waals surface area contributed by atoms with Gasteiger partial charge < -0.3 is 14.8 Å². The van der Waals surface area contributed by atoms with E-state index in [1.807, 2.05) is 6.92 Å². The van der Waals surface area contributed by atoms with Crippen LogP contribution in [-0.2, 0) is 14.3 Å². The SMILES string of the molecule is CCCN[C@H](COC)C(=O)OCC. The Morgan fingerprint density at radius 3 is 2.62 bits per heavy atom. The largest absolute Gasteiger partial charge is 0.465 e. The van der Waals surface area contributed by atoms with E-state index in [2.05, 4.69) is 5.32 Å². The number of methoxy groups -OCH3 is 1. The molecule has 0 aliphatic heterocycles. The second-order valence-electron chi connectivity index (χ2n) is 2.71. The lowest BCUT2D eigenvalue weighted by molar-refractivity contribution is -0.147. The molecular weight excluding hydrogens is 170 g/mol. The molecule has 13 heavy (non-hydrogen) atoms. The zero-order valence-electron chi connectivity index (χ0n) is 8.63. The van der Waals surface area contributed by atoms with Gasteiger partial charge in [-0.2, -0.15) is 0 Å². The molecule has 4 heteroatoms. The number of hydrogen-bond acceptors (Lipinski definition) is 4. The summed E-state index contributed by atoms with van der Waals surface area (Å²) in [7, 11) is 1.57. The molecule has 0 aromatic rings. The molecule has 0 rings (SSSR count). The van der Waals surface area contributed by atoms with E-state index < -0.39 is 0 Å². The fourth-order valence-corrected chi connectivity index (χ4v) is 0.938. The van der Waals surface area contributed by atoms with Crippen LogP contribution in [0.25, 0.3) is 0 Å². The zero-order chi connectivity index (χ0) is 10.1. The van der Waals surface area contributed by atoms with E-state index in [0.717, 1.165) is 13.0 Å². The van der Waals surface area contributed by atoms with Gasteiger partial charge in [-0.15, -0.1) is 0 Å². The van der Waals surface area contributed by atoms with Gasteiger partial charge >= 0.3 is 5.97 Å². The number of hydrogen-bond donors (Lipinski definition) is 1. The van der Waals surface area contributed by atoms with E-state index >= 15 is 0 Å². The van der Waals surface area contributed by atoms with Crippen molar-refractivity contribution in [3.63, 3.8) is 0 Å². The second-order valence-corrected chi connectivity index (χ2v) is 2.71. The van der Waals surface area contributed by atoms with Crippen LogP contribution < -0.4 is 5.32 Å². The molecule has 0 saturated carbocycles. The maximum atomic E-state index is 11.3. The Kier molecular flexibility index (Phi) is 7.63. The Morgan fingerprint density at radius 1 is 1.46 bits per heavy atom. The topological polar surface area (TPSA) is 47.6 Å². The maximum absolute atomic E-state index is 11.3. The minimum atomic E-state index is -0.329. The van der Waals surface area contributed by atoms with Crippen molar-refractivity contribution in [3.8, 4) is 0 Å². The lowest BCUT2D eigenvalue weighted by Gasteiger charge is -2.15. The van der Waals surface area contributed by atoms with Crippen molar-refractivity contribution in [2.24, 2.45) is 0 Å². The molecule has 0 bridgehead atoms. The maximum Gasteiger partial charge on any atom is 0.325 e. The predicted molar refractivity (Wildman–Crippen MR) is 50.6 cm³/mol. The van der Waals surface area contributed by atoms with Gasteiger partial charge in [0.05, 0.1) is 13.2 Å². The molecule has 0 unspecified atom stereocenters. The van der Waals surface area contributed by atoms with Crippen LogP contribution in [0.3, 0.4) is 0 Å². The van der Waals surface area contributed by atoms with Gasteiger partial charge in [0.25, 0.3) is 0 Å². The molecule has 0 aromatic carbocycles. The van der Waals surface area contributed by atoms with E-state index in [4.69, 9.17) is 9.47 Å². The van der Waals surface area contributed by atoms with Crippen LogP contribution in [0.4, 0.5) is 0 Å². The van der Waals surface area contributed by atoms with Crippen molar-refractivity contribution in [3.05, 3.63) is 0 Å². The Balaban J connectivity index is 3.83. The summed E-state index contributed by atoms with van der Waals surface area (Å²) in [4.78, 5) is 11.3. The van der Waals surface area contributed by atoms with Gasteiger partial charge in [-0.05, 0) is 19.9 Å². The van der Waals surface area contributed by atoms with Crippen molar-refractivity contribution >= 4 is 5.97 Å². The first-order chi connectivity index (χ1) is 6.26. The first kappa shape index (κ1) is 12.4. The highest BCUT2D eigenvalue weighted by molar-refractivity contribution is 5.75. The van der Waals surface area contributed by atoms with Gasteiger partial charge in [0.2, 0.25) is 0 Å². The lowest BCUT2D eigenvalue weighted by atomic mass is 10.3. The molecule has 78 valence electrons. The first-order valence-corrected chi connectivity index (χ1v) is 4.65. The lowest BCUT2D eigenvalue weighted by Crippen LogP contribution is -2.41. The number of nitrogens with one attached hydrogen (secondary N) is 1. The highest BCUT2D eigenvalue weighted by Gasteiger charge is 2.17. The third-order valence-electron chi connectivity index (χ3n) is 1.55. The fraction of sp³-hybridized carbons (Fsp3) is 0.889. The van der Waals surface area contributed by atoms with Gasteiger partial charge in [-0.1, -0.05) is 6.92 Å². The monoisotopic (exact) mass is 189 g/mol. The van der Waals surface area contributed by atoms with Crippen molar-refractivity contribution in [2.75, 3.05) is 26.9 Å². The number of carbonyl (C=O) groups is 1. The molecule has 0 amide bonds. The van der Waals surface area contributed by atoms with Gasteiger partial charge in [-0.25, -0.2) is 0 Å². The van der Waals surface area contributed by atoms with Crippen LogP contribution in [0.2, 0.25) is 0 Å². The molecule has 0 saturated heterocycles. The Bertz CT molecular complexity index is 139. The van der Waals surface area contributed by atoms with E-state index in [1.54, 1.807) is 14.0 Å². The smallest absolute Gasteiger partial charge is 0.325 e. The first-order valence-electron chi connectivity index (χ1n) is 4.65. The highest BCUT2D eigenvalue weighted by atomic mass is 16.5. The molecule has 0 aliphatic carbocycles. The summed E-state index contributed by atoms with van der Waals surface area (Å²) in [6.45, 7) is 5.40. The summed E-state index contributed by atoms with van der Waals surface area (Å²) in [5, 5.41) is 3.06. The number of carbonyl (C=O) groups excluding carboxylic acids is 1. The molecule has 0 aliphatic rings. The summed E-state index contributed by atoms with van der Waals surface area (Å²) in [5.41, 5.74) is 0. The minimum Gasteiger partial charge on any atom is -0.465 e. The third kappa shape index (κ3) is 5.60. The standard InChI is InChI=1S/C9H19NO3/c1-4-6-10-8(7-12-3)9(11)13-5-2/h8,10H,4-7H2,1-3H3/t8-/m1/s1. The molecule has 0 fully saturated rings. The Morgan fingerprint density at radius 2 is 2.15 bits per heavy atom. The van der Waals surface area contributed by atoms with Gasteiger partial charge in [-0.3, -0.25) is 4.79 Å². The number of ether oxygens (including phenoxy) is 2. The molecule has 0 aromatic heterocycles. The molecule has 1 atom stereocenters. The third-order valence-corrected chi connectivity index (χ3v) is 1.55. The molecule has 0 heterocycles. The minimum absolute atomic E-state index is 0.238. The normalized spacial score (nSPS) is 12.5. The summed E-state index contributed by atoms with van der Waals surface area (Å²) in [6.07, 6.45) is 0.986. The Labute approximate surface area is 79.6 Å². The van der Waals surface area contributed by atoms with Crippen LogP contribution in [0, 0.1) is 0 Å². The van der Waals surface area contributed by atoms with Crippen molar-refractivity contribution in [1.29, 1.82) is 0 Å². The van der Waals surface area contributed by atoms with Gasteiger partial charge in [0.1, 0.15) is 6.04 Å². The predicted octanol–water partition coefficient (Wildman–Crippen LogP) is 0.564. The average molecular weight is 189 g/mol. The van der Waals surface area contributed by atoms with Crippen LogP contribution >= 0.6 is 0 Å². The molecule has 1 N–H and O–H groups in total. The van der Waals surface area contributed by atoms with Gasteiger partial charge in [0.15, 0.2) is 0 Å². The van der Waals surface area contributed by atoms with Crippen LogP contribution in [0.5, 0.6) is 0 Å². The van der Waals surface area contributed by atoms with E-state index in [0.29, 0.717) is 13.2 Å².